The van der Waals surface area contributed by atoms with Gasteiger partial charge < -0.3 is 5.73 Å². The van der Waals surface area contributed by atoms with Gasteiger partial charge in [-0.2, -0.15) is 0 Å². The predicted molar refractivity (Wildman–Crippen MR) is 77.6 cm³/mol. The lowest BCUT2D eigenvalue weighted by atomic mass is 9.94. The molecule has 0 radical (unpaired) electrons. The molecule has 1 saturated heterocycles. The summed E-state index contributed by atoms with van der Waals surface area (Å²) in [6.07, 6.45) is 3.58. The molecule has 0 aromatic heterocycles. The maximum absolute atomic E-state index is 6.12. The van der Waals surface area contributed by atoms with Gasteiger partial charge in [-0.15, -0.1) is 0 Å². The van der Waals surface area contributed by atoms with Gasteiger partial charge in [0.15, 0.2) is 0 Å². The molecular formula is C16H26N2. The van der Waals surface area contributed by atoms with E-state index in [1.807, 2.05) is 0 Å². The molecular weight excluding hydrogens is 220 g/mol. The topological polar surface area (TPSA) is 29.3 Å². The molecule has 1 aliphatic heterocycles. The van der Waals surface area contributed by atoms with E-state index in [1.54, 1.807) is 0 Å². The van der Waals surface area contributed by atoms with Gasteiger partial charge in [-0.3, -0.25) is 4.90 Å². The van der Waals surface area contributed by atoms with E-state index in [0.717, 1.165) is 12.5 Å². The summed E-state index contributed by atoms with van der Waals surface area (Å²) in [5.74, 6) is 0.743. The number of piperidine rings is 1. The van der Waals surface area contributed by atoms with Crippen molar-refractivity contribution in [2.75, 3.05) is 13.1 Å². The monoisotopic (exact) mass is 246 g/mol. The van der Waals surface area contributed by atoms with Gasteiger partial charge in [-0.05, 0) is 37.7 Å². The van der Waals surface area contributed by atoms with Crippen molar-refractivity contribution in [3.63, 3.8) is 0 Å². The van der Waals surface area contributed by atoms with Gasteiger partial charge in [0, 0.05) is 25.2 Å². The van der Waals surface area contributed by atoms with Gasteiger partial charge in [0.05, 0.1) is 0 Å². The van der Waals surface area contributed by atoms with Crippen LogP contribution in [0.5, 0.6) is 0 Å². The van der Waals surface area contributed by atoms with E-state index in [-0.39, 0.29) is 0 Å². The molecule has 1 aromatic carbocycles. The number of benzene rings is 1. The summed E-state index contributed by atoms with van der Waals surface area (Å²) in [4.78, 5) is 2.57. The van der Waals surface area contributed by atoms with E-state index in [1.165, 1.54) is 31.4 Å². The van der Waals surface area contributed by atoms with Gasteiger partial charge in [-0.1, -0.05) is 37.3 Å². The Morgan fingerprint density at radius 2 is 2.00 bits per heavy atom. The highest BCUT2D eigenvalue weighted by Gasteiger charge is 2.25. The minimum atomic E-state index is 0.368. The average Bonchev–Trinajstić information content (AvgIpc) is 2.36. The van der Waals surface area contributed by atoms with Crippen LogP contribution in [0, 0.1) is 5.92 Å². The first-order valence-corrected chi connectivity index (χ1v) is 7.18. The fourth-order valence-corrected chi connectivity index (χ4v) is 3.00. The summed E-state index contributed by atoms with van der Waals surface area (Å²) in [6.45, 7) is 6.94. The van der Waals surface area contributed by atoms with Crippen LogP contribution in [0.4, 0.5) is 0 Å². The number of hydrogen-bond acceptors (Lipinski definition) is 2. The van der Waals surface area contributed by atoms with Gasteiger partial charge in [0.25, 0.3) is 0 Å². The second-order valence-electron chi connectivity index (χ2n) is 5.93. The molecule has 3 atom stereocenters. The van der Waals surface area contributed by atoms with Gasteiger partial charge in [0.1, 0.15) is 0 Å². The Morgan fingerprint density at radius 3 is 2.67 bits per heavy atom. The highest BCUT2D eigenvalue weighted by molar-refractivity contribution is 5.14. The molecule has 1 aromatic rings. The van der Waals surface area contributed by atoms with Crippen LogP contribution in [-0.2, 0) is 6.42 Å². The lowest BCUT2D eigenvalue weighted by molar-refractivity contribution is 0.119. The molecule has 18 heavy (non-hydrogen) atoms. The number of hydrogen-bond donors (Lipinski definition) is 1. The average molecular weight is 246 g/mol. The lowest BCUT2D eigenvalue weighted by Crippen LogP contribution is -2.49. The van der Waals surface area contributed by atoms with Crippen LogP contribution in [0.15, 0.2) is 30.3 Å². The van der Waals surface area contributed by atoms with Gasteiger partial charge in [0.2, 0.25) is 0 Å². The van der Waals surface area contributed by atoms with Crippen LogP contribution in [0.25, 0.3) is 0 Å². The summed E-state index contributed by atoms with van der Waals surface area (Å²) in [5.41, 5.74) is 7.56. The number of nitrogens with zero attached hydrogens (tertiary/aromatic N) is 1. The molecule has 2 rings (SSSR count). The minimum absolute atomic E-state index is 0.368. The molecule has 100 valence electrons. The number of rotatable bonds is 4. The quantitative estimate of drug-likeness (QED) is 0.885. The maximum atomic E-state index is 6.12. The van der Waals surface area contributed by atoms with Crippen LogP contribution in [0.3, 0.4) is 0 Å². The Hall–Kier alpha value is -0.860. The van der Waals surface area contributed by atoms with E-state index in [9.17, 15) is 0 Å². The largest absolute Gasteiger partial charge is 0.327 e. The molecule has 0 spiro atoms. The van der Waals surface area contributed by atoms with Crippen LogP contribution < -0.4 is 5.73 Å². The zero-order valence-corrected chi connectivity index (χ0v) is 11.7. The molecule has 2 heteroatoms. The molecule has 3 unspecified atom stereocenters. The van der Waals surface area contributed by atoms with E-state index in [4.69, 9.17) is 5.73 Å². The number of likely N-dealkylation sites (tertiary alicyclic amines) is 1. The number of aryl methyl sites for hydroxylation is 1. The molecule has 2 nitrogen and oxygen atoms in total. The summed E-state index contributed by atoms with van der Waals surface area (Å²) in [7, 11) is 0. The van der Waals surface area contributed by atoms with Crippen LogP contribution in [0.2, 0.25) is 0 Å². The Morgan fingerprint density at radius 1 is 1.28 bits per heavy atom. The summed E-state index contributed by atoms with van der Waals surface area (Å²) in [6, 6.07) is 11.8. The molecule has 0 aliphatic carbocycles. The van der Waals surface area contributed by atoms with E-state index in [2.05, 4.69) is 49.1 Å². The standard InChI is InChI=1S/C16H26N2/c1-13-10-16(17)12-18(11-13)14(2)8-9-15-6-4-3-5-7-15/h3-7,13-14,16H,8-12,17H2,1-2H3. The van der Waals surface area contributed by atoms with Gasteiger partial charge >= 0.3 is 0 Å². The Labute approximate surface area is 111 Å². The van der Waals surface area contributed by atoms with Crippen molar-refractivity contribution in [1.29, 1.82) is 0 Å². The van der Waals surface area contributed by atoms with Crippen LogP contribution in [-0.4, -0.2) is 30.1 Å². The molecule has 1 aliphatic rings. The van der Waals surface area contributed by atoms with Crippen molar-refractivity contribution in [3.8, 4) is 0 Å². The lowest BCUT2D eigenvalue weighted by Gasteiger charge is -2.38. The molecule has 0 saturated carbocycles. The van der Waals surface area contributed by atoms with E-state index < -0.39 is 0 Å². The van der Waals surface area contributed by atoms with Crippen molar-refractivity contribution in [2.45, 2.75) is 45.2 Å². The third-order valence-corrected chi connectivity index (χ3v) is 4.04. The first-order valence-electron chi connectivity index (χ1n) is 7.18. The van der Waals surface area contributed by atoms with Gasteiger partial charge in [-0.25, -0.2) is 0 Å². The van der Waals surface area contributed by atoms with Crippen molar-refractivity contribution in [1.82, 2.24) is 4.90 Å². The first-order chi connectivity index (χ1) is 8.65. The van der Waals surface area contributed by atoms with Crippen molar-refractivity contribution in [3.05, 3.63) is 35.9 Å². The summed E-state index contributed by atoms with van der Waals surface area (Å²) in [5, 5.41) is 0. The SMILES string of the molecule is CC1CC(N)CN(C(C)CCc2ccccc2)C1. The van der Waals surface area contributed by atoms with Crippen molar-refractivity contribution < 1.29 is 0 Å². The highest BCUT2D eigenvalue weighted by Crippen LogP contribution is 2.19. The zero-order valence-electron chi connectivity index (χ0n) is 11.7. The van der Waals surface area contributed by atoms with Crippen LogP contribution in [0.1, 0.15) is 32.3 Å². The first kappa shape index (κ1) is 13.6. The Bertz CT molecular complexity index is 339. The summed E-state index contributed by atoms with van der Waals surface area (Å²) < 4.78 is 0. The van der Waals surface area contributed by atoms with E-state index in [0.29, 0.717) is 12.1 Å². The second kappa shape index (κ2) is 6.35. The predicted octanol–water partition coefficient (Wildman–Crippen LogP) is 2.68. The molecule has 0 bridgehead atoms. The third kappa shape index (κ3) is 3.82. The summed E-state index contributed by atoms with van der Waals surface area (Å²) >= 11 is 0. The third-order valence-electron chi connectivity index (χ3n) is 4.04. The van der Waals surface area contributed by atoms with Crippen molar-refractivity contribution >= 4 is 0 Å². The Kier molecular flexibility index (Phi) is 4.79. The minimum Gasteiger partial charge on any atom is -0.327 e. The van der Waals surface area contributed by atoms with E-state index >= 15 is 0 Å². The fourth-order valence-electron chi connectivity index (χ4n) is 3.00. The normalized spacial score (nSPS) is 27.1. The molecule has 1 fully saturated rings. The van der Waals surface area contributed by atoms with Crippen LogP contribution >= 0.6 is 0 Å². The highest BCUT2D eigenvalue weighted by atomic mass is 15.2. The van der Waals surface area contributed by atoms with Crippen molar-refractivity contribution in [2.24, 2.45) is 11.7 Å². The second-order valence-corrected chi connectivity index (χ2v) is 5.93. The Balaban J connectivity index is 1.82. The molecule has 1 heterocycles. The maximum Gasteiger partial charge on any atom is 0.0170 e. The molecule has 0 amide bonds. The fraction of sp³-hybridized carbons (Fsp3) is 0.625. The molecule has 2 N–H and O–H groups in total. The zero-order chi connectivity index (χ0) is 13.0. The number of nitrogens with two attached hydrogens (primary N) is 1. The smallest absolute Gasteiger partial charge is 0.0170 e.